The van der Waals surface area contributed by atoms with Crippen LogP contribution in [0.4, 0.5) is 0 Å². The average molecular weight is 306 g/mol. The Bertz CT molecular complexity index is 349. The standard InChI is InChI=1S/C15H27NO.2H2S/c1-13(2,3)15(6)8-7-9-16(15)12(17)11-10-14(11,4)5;;/h11H,7-10H2,1-6H3;2*1H2/t11-,15-;;/m0../s1. The van der Waals surface area contributed by atoms with Gasteiger partial charge in [-0.05, 0) is 37.0 Å². The van der Waals surface area contributed by atoms with E-state index in [1.807, 2.05) is 0 Å². The predicted octanol–water partition coefficient (Wildman–Crippen LogP) is 3.69. The van der Waals surface area contributed by atoms with Crippen LogP contribution >= 0.6 is 27.0 Å². The van der Waals surface area contributed by atoms with Crippen molar-refractivity contribution in [3.05, 3.63) is 0 Å². The molecular formula is C15H31NOS2. The Labute approximate surface area is 132 Å². The van der Waals surface area contributed by atoms with Crippen molar-refractivity contribution >= 4 is 32.9 Å². The zero-order chi connectivity index (χ0) is 13.1. The molecule has 2 fully saturated rings. The highest BCUT2D eigenvalue weighted by Crippen LogP contribution is 2.54. The molecule has 0 N–H and O–H groups in total. The molecule has 4 heteroatoms. The van der Waals surface area contributed by atoms with E-state index >= 15 is 0 Å². The Morgan fingerprint density at radius 1 is 1.16 bits per heavy atom. The van der Waals surface area contributed by atoms with E-state index in [2.05, 4.69) is 46.4 Å². The summed E-state index contributed by atoms with van der Waals surface area (Å²) in [7, 11) is 0. The highest BCUT2D eigenvalue weighted by Gasteiger charge is 2.56. The molecule has 1 aliphatic heterocycles. The van der Waals surface area contributed by atoms with Crippen LogP contribution in [0, 0.1) is 16.7 Å². The van der Waals surface area contributed by atoms with E-state index in [9.17, 15) is 4.79 Å². The molecule has 0 bridgehead atoms. The van der Waals surface area contributed by atoms with Crippen molar-refractivity contribution in [1.82, 2.24) is 4.90 Å². The first-order chi connectivity index (χ1) is 7.59. The lowest BCUT2D eigenvalue weighted by Crippen LogP contribution is -2.54. The second-order valence-electron chi connectivity index (χ2n) is 7.86. The predicted molar refractivity (Wildman–Crippen MR) is 91.5 cm³/mol. The lowest BCUT2D eigenvalue weighted by molar-refractivity contribution is -0.140. The summed E-state index contributed by atoms with van der Waals surface area (Å²) in [5.41, 5.74) is 0.458. The number of hydrogen-bond donors (Lipinski definition) is 0. The first-order valence-electron chi connectivity index (χ1n) is 6.91. The Morgan fingerprint density at radius 3 is 2.00 bits per heavy atom. The van der Waals surface area contributed by atoms with Gasteiger partial charge >= 0.3 is 0 Å². The molecule has 1 heterocycles. The van der Waals surface area contributed by atoms with Crippen molar-refractivity contribution in [3.8, 4) is 0 Å². The minimum Gasteiger partial charge on any atom is -0.337 e. The third-order valence-corrected chi connectivity index (χ3v) is 5.33. The van der Waals surface area contributed by atoms with Crippen LogP contribution in [-0.4, -0.2) is 22.9 Å². The first kappa shape index (κ1) is 19.2. The van der Waals surface area contributed by atoms with Gasteiger partial charge in [0.05, 0.1) is 0 Å². The number of likely N-dealkylation sites (tertiary alicyclic amines) is 1. The van der Waals surface area contributed by atoms with Crippen LogP contribution in [0.2, 0.25) is 0 Å². The van der Waals surface area contributed by atoms with Crippen LogP contribution in [0.15, 0.2) is 0 Å². The first-order valence-corrected chi connectivity index (χ1v) is 6.91. The Balaban J connectivity index is 0.00000162. The van der Waals surface area contributed by atoms with Crippen LogP contribution in [0.5, 0.6) is 0 Å². The lowest BCUT2D eigenvalue weighted by Gasteiger charge is -2.46. The number of carbonyl (C=O) groups is 1. The van der Waals surface area contributed by atoms with Crippen LogP contribution in [0.25, 0.3) is 0 Å². The Hall–Kier alpha value is 0.170. The van der Waals surface area contributed by atoms with E-state index in [1.165, 1.54) is 0 Å². The fraction of sp³-hybridized carbons (Fsp3) is 0.933. The normalized spacial score (nSPS) is 32.3. The summed E-state index contributed by atoms with van der Waals surface area (Å²) in [5, 5.41) is 0. The molecule has 2 nitrogen and oxygen atoms in total. The zero-order valence-electron chi connectivity index (χ0n) is 13.3. The maximum atomic E-state index is 12.6. The van der Waals surface area contributed by atoms with Gasteiger partial charge in [-0.25, -0.2) is 0 Å². The molecule has 114 valence electrons. The molecule has 1 aliphatic carbocycles. The number of amides is 1. The zero-order valence-corrected chi connectivity index (χ0v) is 15.3. The van der Waals surface area contributed by atoms with Crippen LogP contribution in [0.1, 0.15) is 60.8 Å². The van der Waals surface area contributed by atoms with Crippen molar-refractivity contribution in [2.24, 2.45) is 16.7 Å². The maximum absolute atomic E-state index is 12.6. The van der Waals surface area contributed by atoms with Crippen molar-refractivity contribution in [2.45, 2.75) is 66.3 Å². The molecule has 2 atom stereocenters. The highest BCUT2D eigenvalue weighted by molar-refractivity contribution is 7.59. The van der Waals surface area contributed by atoms with Crippen LogP contribution in [-0.2, 0) is 4.79 Å². The van der Waals surface area contributed by atoms with Gasteiger partial charge in [0.2, 0.25) is 5.91 Å². The molecule has 1 amide bonds. The summed E-state index contributed by atoms with van der Waals surface area (Å²) in [4.78, 5) is 14.8. The summed E-state index contributed by atoms with van der Waals surface area (Å²) in [6.45, 7) is 14.4. The fourth-order valence-electron chi connectivity index (χ4n) is 3.17. The fourth-order valence-corrected chi connectivity index (χ4v) is 3.17. The van der Waals surface area contributed by atoms with Gasteiger partial charge in [0.1, 0.15) is 0 Å². The topological polar surface area (TPSA) is 20.3 Å². The summed E-state index contributed by atoms with van der Waals surface area (Å²) >= 11 is 0. The van der Waals surface area contributed by atoms with E-state index in [-0.39, 0.29) is 49.3 Å². The van der Waals surface area contributed by atoms with Crippen LogP contribution < -0.4 is 0 Å². The molecule has 2 aliphatic rings. The Kier molecular flexibility index (Phi) is 5.56. The van der Waals surface area contributed by atoms with Gasteiger partial charge in [0, 0.05) is 18.0 Å². The number of hydrogen-bond acceptors (Lipinski definition) is 1. The Morgan fingerprint density at radius 2 is 1.63 bits per heavy atom. The molecule has 0 radical (unpaired) electrons. The van der Waals surface area contributed by atoms with Gasteiger partial charge in [-0.1, -0.05) is 34.6 Å². The molecule has 0 spiro atoms. The minimum absolute atomic E-state index is 0. The molecule has 0 aromatic rings. The van der Waals surface area contributed by atoms with Gasteiger partial charge in [-0.3, -0.25) is 4.79 Å². The summed E-state index contributed by atoms with van der Waals surface area (Å²) in [5.74, 6) is 0.687. The lowest BCUT2D eigenvalue weighted by atomic mass is 9.73. The SMILES string of the molecule is CC1(C)C[C@H]1C(=O)N1CCC[C@@]1(C)C(C)(C)C.S.S. The van der Waals surface area contributed by atoms with Gasteiger partial charge < -0.3 is 4.90 Å². The summed E-state index contributed by atoms with van der Waals surface area (Å²) in [6, 6.07) is 0. The van der Waals surface area contributed by atoms with E-state index in [0.29, 0.717) is 5.91 Å². The summed E-state index contributed by atoms with van der Waals surface area (Å²) < 4.78 is 0. The molecule has 1 saturated heterocycles. The number of rotatable bonds is 1. The molecule has 0 aromatic carbocycles. The summed E-state index contributed by atoms with van der Waals surface area (Å²) in [6.07, 6.45) is 3.38. The number of nitrogens with zero attached hydrogens (tertiary/aromatic N) is 1. The molecule has 19 heavy (non-hydrogen) atoms. The van der Waals surface area contributed by atoms with Gasteiger partial charge in [-0.15, -0.1) is 0 Å². The van der Waals surface area contributed by atoms with Crippen molar-refractivity contribution in [2.75, 3.05) is 6.54 Å². The van der Waals surface area contributed by atoms with Crippen LogP contribution in [0.3, 0.4) is 0 Å². The smallest absolute Gasteiger partial charge is 0.226 e. The molecule has 2 rings (SSSR count). The maximum Gasteiger partial charge on any atom is 0.226 e. The van der Waals surface area contributed by atoms with Gasteiger partial charge in [0.25, 0.3) is 0 Å². The van der Waals surface area contributed by atoms with E-state index in [1.54, 1.807) is 0 Å². The van der Waals surface area contributed by atoms with Crippen molar-refractivity contribution < 1.29 is 4.79 Å². The highest BCUT2D eigenvalue weighted by atomic mass is 32.1. The second kappa shape index (κ2) is 5.51. The number of carbonyl (C=O) groups excluding carboxylic acids is 1. The largest absolute Gasteiger partial charge is 0.337 e. The van der Waals surface area contributed by atoms with E-state index < -0.39 is 0 Å². The van der Waals surface area contributed by atoms with E-state index in [0.717, 1.165) is 25.8 Å². The molecule has 1 saturated carbocycles. The molecular weight excluding hydrogens is 274 g/mol. The minimum atomic E-state index is 0. The van der Waals surface area contributed by atoms with Crippen molar-refractivity contribution in [1.29, 1.82) is 0 Å². The second-order valence-corrected chi connectivity index (χ2v) is 7.86. The molecule has 0 aromatic heterocycles. The van der Waals surface area contributed by atoms with Gasteiger partial charge in [-0.2, -0.15) is 27.0 Å². The van der Waals surface area contributed by atoms with E-state index in [4.69, 9.17) is 0 Å². The quantitative estimate of drug-likeness (QED) is 0.723. The monoisotopic (exact) mass is 305 g/mol. The molecule has 0 unspecified atom stereocenters. The third kappa shape index (κ3) is 3.10. The van der Waals surface area contributed by atoms with Crippen molar-refractivity contribution in [3.63, 3.8) is 0 Å². The average Bonchev–Trinajstić information content (AvgIpc) is 2.61. The third-order valence-electron chi connectivity index (χ3n) is 5.33. The van der Waals surface area contributed by atoms with Gasteiger partial charge in [0.15, 0.2) is 0 Å².